The fraction of sp³-hybridized carbons (Fsp3) is 0.273. The van der Waals surface area contributed by atoms with Crippen molar-refractivity contribution in [1.82, 2.24) is 9.97 Å². The van der Waals surface area contributed by atoms with E-state index < -0.39 is 0 Å². The number of rotatable bonds is 3. The highest BCUT2D eigenvalue weighted by atomic mass is 16.5. The van der Waals surface area contributed by atoms with E-state index in [1.165, 1.54) is 11.3 Å². The molecule has 0 atom stereocenters. The minimum Gasteiger partial charge on any atom is -0.378 e. The third kappa shape index (κ3) is 3.15. The molecule has 0 aliphatic carbocycles. The van der Waals surface area contributed by atoms with Crippen LogP contribution < -0.4 is 9.80 Å². The Hall–Kier alpha value is -2.92. The molecule has 0 spiro atoms. The normalized spacial score (nSPS) is 16.4. The number of anilines is 3. The molecule has 0 N–H and O–H groups in total. The van der Waals surface area contributed by atoms with Crippen molar-refractivity contribution in [1.29, 1.82) is 0 Å². The van der Waals surface area contributed by atoms with E-state index in [2.05, 4.69) is 52.3 Å². The van der Waals surface area contributed by atoms with Crippen molar-refractivity contribution in [3.63, 3.8) is 0 Å². The first kappa shape index (κ1) is 16.3. The predicted molar refractivity (Wildman–Crippen MR) is 108 cm³/mol. The number of hydrogen-bond donors (Lipinski definition) is 0. The second-order valence-electron chi connectivity index (χ2n) is 6.90. The summed E-state index contributed by atoms with van der Waals surface area (Å²) in [6, 6.07) is 20.9. The first-order valence-corrected chi connectivity index (χ1v) is 9.51. The lowest BCUT2D eigenvalue weighted by atomic mass is 10.2. The molecule has 0 unspecified atom stereocenters. The van der Waals surface area contributed by atoms with E-state index in [4.69, 9.17) is 14.7 Å². The molecule has 27 heavy (non-hydrogen) atoms. The van der Waals surface area contributed by atoms with Crippen LogP contribution in [-0.2, 0) is 11.2 Å². The highest BCUT2D eigenvalue weighted by Gasteiger charge is 2.23. The molecule has 1 aromatic heterocycles. The molecule has 136 valence electrons. The van der Waals surface area contributed by atoms with Gasteiger partial charge in [0.15, 0.2) is 5.82 Å². The fourth-order valence-corrected chi connectivity index (χ4v) is 3.81. The molecule has 2 aromatic carbocycles. The minimum absolute atomic E-state index is 0.743. The van der Waals surface area contributed by atoms with Gasteiger partial charge in [0, 0.05) is 37.0 Å². The Morgan fingerprint density at radius 3 is 2.37 bits per heavy atom. The van der Waals surface area contributed by atoms with Crippen LogP contribution in [0.1, 0.15) is 5.56 Å². The van der Waals surface area contributed by atoms with Gasteiger partial charge in [-0.1, -0.05) is 48.5 Å². The number of aromatic nitrogens is 2. The number of ether oxygens (including phenoxy) is 1. The SMILES string of the molecule is c1ccc(-c2nc(N3CCOCC3)cc(N3CCc4ccccc43)n2)cc1. The van der Waals surface area contributed by atoms with Crippen molar-refractivity contribution < 1.29 is 4.74 Å². The molecule has 3 heterocycles. The van der Waals surface area contributed by atoms with Crippen molar-refractivity contribution in [2.75, 3.05) is 42.6 Å². The summed E-state index contributed by atoms with van der Waals surface area (Å²) in [5.74, 6) is 2.72. The Morgan fingerprint density at radius 2 is 1.52 bits per heavy atom. The number of hydrogen-bond acceptors (Lipinski definition) is 5. The van der Waals surface area contributed by atoms with E-state index in [9.17, 15) is 0 Å². The molecule has 0 saturated carbocycles. The summed E-state index contributed by atoms with van der Waals surface area (Å²) in [6.07, 6.45) is 1.05. The van der Waals surface area contributed by atoms with Gasteiger partial charge in [0.2, 0.25) is 0 Å². The molecule has 5 heteroatoms. The van der Waals surface area contributed by atoms with Gasteiger partial charge in [-0.25, -0.2) is 9.97 Å². The van der Waals surface area contributed by atoms with Crippen molar-refractivity contribution >= 4 is 17.3 Å². The summed E-state index contributed by atoms with van der Waals surface area (Å²) < 4.78 is 5.52. The smallest absolute Gasteiger partial charge is 0.163 e. The fourth-order valence-electron chi connectivity index (χ4n) is 3.81. The van der Waals surface area contributed by atoms with Crippen LogP contribution in [-0.4, -0.2) is 42.8 Å². The lowest BCUT2D eigenvalue weighted by molar-refractivity contribution is 0.122. The van der Waals surface area contributed by atoms with Gasteiger partial charge >= 0.3 is 0 Å². The van der Waals surface area contributed by atoms with Gasteiger partial charge in [-0.15, -0.1) is 0 Å². The predicted octanol–water partition coefficient (Wildman–Crippen LogP) is 3.67. The molecule has 3 aromatic rings. The maximum absolute atomic E-state index is 5.52. The average Bonchev–Trinajstić information content (AvgIpc) is 3.19. The molecule has 5 rings (SSSR count). The van der Waals surface area contributed by atoms with Crippen LogP contribution in [0, 0.1) is 0 Å². The quantitative estimate of drug-likeness (QED) is 0.714. The van der Waals surface area contributed by atoms with E-state index in [1.807, 2.05) is 18.2 Å². The lowest BCUT2D eigenvalue weighted by Crippen LogP contribution is -2.37. The van der Waals surface area contributed by atoms with Gasteiger partial charge in [-0.3, -0.25) is 0 Å². The van der Waals surface area contributed by atoms with Crippen LogP contribution in [0.5, 0.6) is 0 Å². The Bertz CT molecular complexity index is 938. The van der Waals surface area contributed by atoms with E-state index in [-0.39, 0.29) is 0 Å². The molecule has 0 radical (unpaired) electrons. The monoisotopic (exact) mass is 358 g/mol. The van der Waals surface area contributed by atoms with Crippen LogP contribution >= 0.6 is 0 Å². The van der Waals surface area contributed by atoms with E-state index in [1.54, 1.807) is 0 Å². The second kappa shape index (κ2) is 7.00. The zero-order chi connectivity index (χ0) is 18.1. The van der Waals surface area contributed by atoms with Gasteiger partial charge in [0.25, 0.3) is 0 Å². The third-order valence-corrected chi connectivity index (χ3v) is 5.23. The Kier molecular flexibility index (Phi) is 4.22. The average molecular weight is 358 g/mol. The topological polar surface area (TPSA) is 41.5 Å². The number of para-hydroxylation sites is 1. The molecule has 5 nitrogen and oxygen atoms in total. The Balaban J connectivity index is 1.60. The lowest BCUT2D eigenvalue weighted by Gasteiger charge is -2.29. The summed E-state index contributed by atoms with van der Waals surface area (Å²) in [5, 5.41) is 0. The van der Waals surface area contributed by atoms with E-state index >= 15 is 0 Å². The highest BCUT2D eigenvalue weighted by molar-refractivity contribution is 5.71. The molecule has 1 fully saturated rings. The van der Waals surface area contributed by atoms with E-state index in [0.29, 0.717) is 0 Å². The van der Waals surface area contributed by atoms with E-state index in [0.717, 1.165) is 62.3 Å². The standard InChI is InChI=1S/C22H22N4O/c1-2-7-18(8-3-1)22-23-20(25-12-14-27-15-13-25)16-21(24-22)26-11-10-17-6-4-5-9-19(17)26/h1-9,16H,10-15H2. The first-order chi connectivity index (χ1) is 13.4. The minimum atomic E-state index is 0.743. The molecular weight excluding hydrogens is 336 g/mol. The molecule has 0 amide bonds. The van der Waals surface area contributed by atoms with Crippen molar-refractivity contribution in [3.05, 3.63) is 66.2 Å². The molecule has 1 saturated heterocycles. The summed E-state index contributed by atoms with van der Waals surface area (Å²) in [5.41, 5.74) is 3.68. The van der Waals surface area contributed by atoms with Crippen molar-refractivity contribution in [2.24, 2.45) is 0 Å². The van der Waals surface area contributed by atoms with Gasteiger partial charge in [-0.2, -0.15) is 0 Å². The largest absolute Gasteiger partial charge is 0.378 e. The maximum Gasteiger partial charge on any atom is 0.163 e. The van der Waals surface area contributed by atoms with Crippen LogP contribution in [0.15, 0.2) is 60.7 Å². The molecule has 2 aliphatic rings. The summed E-state index contributed by atoms with van der Waals surface area (Å²) in [4.78, 5) is 14.4. The zero-order valence-corrected chi connectivity index (χ0v) is 15.2. The maximum atomic E-state index is 5.52. The zero-order valence-electron chi connectivity index (χ0n) is 15.2. The summed E-state index contributed by atoms with van der Waals surface area (Å²) >= 11 is 0. The Labute approximate surface area is 159 Å². The summed E-state index contributed by atoms with van der Waals surface area (Å²) in [6.45, 7) is 4.16. The number of benzene rings is 2. The number of morpholine rings is 1. The molecule has 0 bridgehead atoms. The van der Waals surface area contributed by atoms with Crippen LogP contribution in [0.4, 0.5) is 17.3 Å². The Morgan fingerprint density at radius 1 is 0.778 bits per heavy atom. The molecule has 2 aliphatic heterocycles. The van der Waals surface area contributed by atoms with Crippen molar-refractivity contribution in [3.8, 4) is 11.4 Å². The van der Waals surface area contributed by atoms with Crippen LogP contribution in [0.3, 0.4) is 0 Å². The third-order valence-electron chi connectivity index (χ3n) is 5.23. The van der Waals surface area contributed by atoms with Gasteiger partial charge < -0.3 is 14.5 Å². The van der Waals surface area contributed by atoms with Gasteiger partial charge in [-0.05, 0) is 18.1 Å². The summed E-state index contributed by atoms with van der Waals surface area (Å²) in [7, 11) is 0. The van der Waals surface area contributed by atoms with Crippen LogP contribution in [0.2, 0.25) is 0 Å². The van der Waals surface area contributed by atoms with Gasteiger partial charge in [0.1, 0.15) is 11.6 Å². The first-order valence-electron chi connectivity index (χ1n) is 9.51. The number of nitrogens with zero attached hydrogens (tertiary/aromatic N) is 4. The highest BCUT2D eigenvalue weighted by Crippen LogP contribution is 2.35. The number of fused-ring (bicyclic) bond motifs is 1. The second-order valence-corrected chi connectivity index (χ2v) is 6.90. The molecular formula is C22H22N4O. The van der Waals surface area contributed by atoms with Gasteiger partial charge in [0.05, 0.1) is 13.2 Å². The van der Waals surface area contributed by atoms with Crippen molar-refractivity contribution in [2.45, 2.75) is 6.42 Å². The van der Waals surface area contributed by atoms with Crippen LogP contribution in [0.25, 0.3) is 11.4 Å².